The number of benzene rings is 2. The fourth-order valence-electron chi connectivity index (χ4n) is 3.21. The number of nitrogens with zero attached hydrogens (tertiary/aromatic N) is 1. The molecule has 1 aliphatic heterocycles. The Morgan fingerprint density at radius 2 is 1.56 bits per heavy atom. The quantitative estimate of drug-likeness (QED) is 0.841. The number of rotatable bonds is 4. The molecule has 146 valence electrons. The molecular weight excluding hydrogens is 384 g/mol. The SMILES string of the molecule is Cc1cc(C)c(S(=O)(=O)Nc2ccc(N3CCCCS3(=O)=O)cc2)cc1C. The highest BCUT2D eigenvalue weighted by molar-refractivity contribution is 7.93. The molecule has 27 heavy (non-hydrogen) atoms. The third kappa shape index (κ3) is 4.11. The highest BCUT2D eigenvalue weighted by Crippen LogP contribution is 2.27. The zero-order valence-corrected chi connectivity index (χ0v) is 17.3. The van der Waals surface area contributed by atoms with E-state index >= 15 is 0 Å². The Kier molecular flexibility index (Phi) is 5.22. The van der Waals surface area contributed by atoms with Gasteiger partial charge < -0.3 is 0 Å². The van der Waals surface area contributed by atoms with Gasteiger partial charge >= 0.3 is 0 Å². The summed E-state index contributed by atoms with van der Waals surface area (Å²) in [4.78, 5) is 0.244. The Hall–Kier alpha value is -2.06. The largest absolute Gasteiger partial charge is 0.280 e. The van der Waals surface area contributed by atoms with E-state index in [1.54, 1.807) is 37.3 Å². The molecule has 0 amide bonds. The monoisotopic (exact) mass is 408 g/mol. The summed E-state index contributed by atoms with van der Waals surface area (Å²) in [5.74, 6) is 0.146. The summed E-state index contributed by atoms with van der Waals surface area (Å²) < 4.78 is 53.9. The molecule has 0 atom stereocenters. The number of nitrogens with one attached hydrogen (secondary N) is 1. The van der Waals surface area contributed by atoms with Gasteiger partial charge in [0.15, 0.2) is 0 Å². The molecule has 0 radical (unpaired) electrons. The first-order chi connectivity index (χ1) is 12.6. The van der Waals surface area contributed by atoms with Crippen LogP contribution in [0.15, 0.2) is 41.3 Å². The van der Waals surface area contributed by atoms with Gasteiger partial charge in [-0.2, -0.15) is 0 Å². The van der Waals surface area contributed by atoms with Crippen molar-refractivity contribution in [3.05, 3.63) is 53.1 Å². The maximum atomic E-state index is 12.8. The summed E-state index contributed by atoms with van der Waals surface area (Å²) in [5.41, 5.74) is 3.58. The number of hydrogen-bond acceptors (Lipinski definition) is 4. The van der Waals surface area contributed by atoms with E-state index in [9.17, 15) is 16.8 Å². The van der Waals surface area contributed by atoms with Crippen LogP contribution in [-0.2, 0) is 20.0 Å². The van der Waals surface area contributed by atoms with Gasteiger partial charge in [0.1, 0.15) is 0 Å². The van der Waals surface area contributed by atoms with Crippen molar-refractivity contribution < 1.29 is 16.8 Å². The highest BCUT2D eigenvalue weighted by Gasteiger charge is 2.26. The maximum Gasteiger partial charge on any atom is 0.262 e. The summed E-state index contributed by atoms with van der Waals surface area (Å²) in [6, 6.07) is 9.97. The predicted octanol–water partition coefficient (Wildman–Crippen LogP) is 3.34. The first-order valence-electron chi connectivity index (χ1n) is 8.81. The molecular formula is C19H24N2O4S2. The van der Waals surface area contributed by atoms with Crippen molar-refractivity contribution >= 4 is 31.4 Å². The Morgan fingerprint density at radius 1 is 0.926 bits per heavy atom. The molecule has 0 aromatic heterocycles. The minimum Gasteiger partial charge on any atom is -0.280 e. The van der Waals surface area contributed by atoms with Crippen molar-refractivity contribution in [2.24, 2.45) is 0 Å². The minimum absolute atomic E-state index is 0.146. The lowest BCUT2D eigenvalue weighted by Crippen LogP contribution is -2.37. The molecule has 0 saturated carbocycles. The summed E-state index contributed by atoms with van der Waals surface area (Å²) >= 11 is 0. The smallest absolute Gasteiger partial charge is 0.262 e. The average molecular weight is 409 g/mol. The molecule has 8 heteroatoms. The van der Waals surface area contributed by atoms with Gasteiger partial charge in [0.05, 0.1) is 16.3 Å². The van der Waals surface area contributed by atoms with Gasteiger partial charge in [0.25, 0.3) is 10.0 Å². The summed E-state index contributed by atoms with van der Waals surface area (Å²) in [7, 11) is -7.01. The van der Waals surface area contributed by atoms with Gasteiger partial charge in [-0.1, -0.05) is 6.07 Å². The zero-order chi connectivity index (χ0) is 19.8. The van der Waals surface area contributed by atoms with Crippen molar-refractivity contribution in [2.45, 2.75) is 38.5 Å². The van der Waals surface area contributed by atoms with Crippen LogP contribution in [0.25, 0.3) is 0 Å². The van der Waals surface area contributed by atoms with Gasteiger partial charge in [-0.05, 0) is 80.6 Å². The van der Waals surface area contributed by atoms with Crippen LogP contribution in [0.4, 0.5) is 11.4 Å². The Labute approximate surface area is 161 Å². The highest BCUT2D eigenvalue weighted by atomic mass is 32.2. The molecule has 2 aromatic carbocycles. The third-order valence-corrected chi connectivity index (χ3v) is 8.23. The van der Waals surface area contributed by atoms with E-state index in [1.807, 2.05) is 19.9 Å². The van der Waals surface area contributed by atoms with E-state index in [4.69, 9.17) is 0 Å². The van der Waals surface area contributed by atoms with Crippen LogP contribution in [0, 0.1) is 20.8 Å². The van der Waals surface area contributed by atoms with E-state index in [-0.39, 0.29) is 10.6 Å². The fraction of sp³-hybridized carbons (Fsp3) is 0.368. The standard InChI is InChI=1S/C19H24N2O4S2/c1-14-12-16(3)19(13-15(14)2)27(24,25)20-17-6-8-18(9-7-17)21-10-4-5-11-26(21,22)23/h6-9,12-13,20H,4-5,10-11H2,1-3H3. The molecule has 0 bridgehead atoms. The molecule has 1 N–H and O–H groups in total. The number of aryl methyl sites for hydroxylation is 3. The summed E-state index contributed by atoms with van der Waals surface area (Å²) in [6.45, 7) is 6.04. The molecule has 1 heterocycles. The fourth-order valence-corrected chi connectivity index (χ4v) is 6.22. The van der Waals surface area contributed by atoms with Gasteiger partial charge in [0.2, 0.25) is 10.0 Å². The van der Waals surface area contributed by atoms with Gasteiger partial charge in [0, 0.05) is 12.2 Å². The van der Waals surface area contributed by atoms with E-state index in [1.165, 1.54) is 4.31 Å². The Bertz CT molecular complexity index is 1060. The van der Waals surface area contributed by atoms with Crippen molar-refractivity contribution in [2.75, 3.05) is 21.3 Å². The second-order valence-corrected chi connectivity index (χ2v) is 10.6. The molecule has 6 nitrogen and oxygen atoms in total. The third-order valence-electron chi connectivity index (χ3n) is 4.84. The first kappa shape index (κ1) is 19.7. The number of sulfonamides is 2. The lowest BCUT2D eigenvalue weighted by molar-refractivity contribution is 0.574. The average Bonchev–Trinajstić information content (AvgIpc) is 2.58. The van der Waals surface area contributed by atoms with Crippen LogP contribution in [0.3, 0.4) is 0 Å². The first-order valence-corrected chi connectivity index (χ1v) is 11.9. The molecule has 1 aliphatic rings. The number of anilines is 2. The molecule has 0 aliphatic carbocycles. The second kappa shape index (κ2) is 7.16. The van der Waals surface area contributed by atoms with Crippen LogP contribution < -0.4 is 9.03 Å². The van der Waals surface area contributed by atoms with E-state index < -0.39 is 20.0 Å². The van der Waals surface area contributed by atoms with Crippen LogP contribution in [-0.4, -0.2) is 29.1 Å². The normalized spacial score (nSPS) is 16.9. The number of hydrogen-bond donors (Lipinski definition) is 1. The molecule has 0 spiro atoms. The van der Waals surface area contributed by atoms with Crippen LogP contribution >= 0.6 is 0 Å². The molecule has 1 fully saturated rings. The van der Waals surface area contributed by atoms with Gasteiger partial charge in [-0.3, -0.25) is 9.03 Å². The van der Waals surface area contributed by atoms with Crippen molar-refractivity contribution in [1.29, 1.82) is 0 Å². The zero-order valence-electron chi connectivity index (χ0n) is 15.7. The minimum atomic E-state index is -3.73. The topological polar surface area (TPSA) is 83.6 Å². The predicted molar refractivity (Wildman–Crippen MR) is 108 cm³/mol. The summed E-state index contributed by atoms with van der Waals surface area (Å²) in [6.07, 6.45) is 1.49. The van der Waals surface area contributed by atoms with Crippen LogP contribution in [0.1, 0.15) is 29.5 Å². The van der Waals surface area contributed by atoms with Crippen molar-refractivity contribution in [3.63, 3.8) is 0 Å². The van der Waals surface area contributed by atoms with Gasteiger partial charge in [-0.15, -0.1) is 0 Å². The van der Waals surface area contributed by atoms with Crippen LogP contribution in [0.2, 0.25) is 0 Å². The van der Waals surface area contributed by atoms with E-state index in [0.717, 1.165) is 17.5 Å². The Balaban J connectivity index is 1.85. The molecule has 3 rings (SSSR count). The summed E-state index contributed by atoms with van der Waals surface area (Å²) in [5, 5.41) is 0. The molecule has 2 aromatic rings. The van der Waals surface area contributed by atoms with Gasteiger partial charge in [-0.25, -0.2) is 16.8 Å². The van der Waals surface area contributed by atoms with Crippen molar-refractivity contribution in [3.8, 4) is 0 Å². The maximum absolute atomic E-state index is 12.8. The van der Waals surface area contributed by atoms with Crippen LogP contribution in [0.5, 0.6) is 0 Å². The second-order valence-electron chi connectivity index (χ2n) is 6.95. The van der Waals surface area contributed by atoms with Crippen molar-refractivity contribution in [1.82, 2.24) is 0 Å². The lowest BCUT2D eigenvalue weighted by Gasteiger charge is -2.28. The van der Waals surface area contributed by atoms with E-state index in [2.05, 4.69) is 4.72 Å². The molecule has 1 saturated heterocycles. The lowest BCUT2D eigenvalue weighted by atomic mass is 10.1. The Morgan fingerprint density at radius 3 is 2.19 bits per heavy atom. The molecule has 0 unspecified atom stereocenters. The van der Waals surface area contributed by atoms with E-state index in [0.29, 0.717) is 29.9 Å².